The number of benzene rings is 1. The summed E-state index contributed by atoms with van der Waals surface area (Å²) in [5, 5.41) is 19.8. The molecule has 1 heterocycles. The van der Waals surface area contributed by atoms with Gasteiger partial charge in [0.2, 0.25) is 11.8 Å². The second kappa shape index (κ2) is 10.2. The van der Waals surface area contributed by atoms with Gasteiger partial charge in [-0.3, -0.25) is 24.5 Å². The van der Waals surface area contributed by atoms with E-state index in [9.17, 15) is 29.3 Å². The van der Waals surface area contributed by atoms with Crippen LogP contribution in [-0.2, 0) is 25.7 Å². The molecule has 0 bridgehead atoms. The summed E-state index contributed by atoms with van der Waals surface area (Å²) < 4.78 is 10.4. The summed E-state index contributed by atoms with van der Waals surface area (Å²) in [5.41, 5.74) is -0.253. The highest BCUT2D eigenvalue weighted by molar-refractivity contribution is 6.13. The Morgan fingerprint density at radius 1 is 1.14 bits per heavy atom. The summed E-state index contributed by atoms with van der Waals surface area (Å²) in [6, 6.07) is 3.94. The molecule has 3 amide bonds. The van der Waals surface area contributed by atoms with Gasteiger partial charge in [0.1, 0.15) is 12.4 Å². The van der Waals surface area contributed by atoms with Crippen molar-refractivity contribution in [2.24, 2.45) is 0 Å². The maximum atomic E-state index is 11.9. The number of amides is 3. The maximum Gasteiger partial charge on any atom is 0.423 e. The molecule has 1 aromatic rings. The number of unbranched alkanes of at least 4 members (excludes halogenated alkanes) is 2. The van der Waals surface area contributed by atoms with Gasteiger partial charge < -0.3 is 14.6 Å². The first kappa shape index (κ1) is 21.8. The predicted octanol–water partition coefficient (Wildman–Crippen LogP) is 2.40. The number of carbonyl (C=O) groups excluding carboxylic acids is 3. The minimum absolute atomic E-state index is 0.0471. The highest BCUT2D eigenvalue weighted by Crippen LogP contribution is 2.26. The minimum Gasteiger partial charge on any atom is -0.494 e. The fraction of sp³-hybridized carbons (Fsp3) is 0.444. The van der Waals surface area contributed by atoms with Crippen molar-refractivity contribution < 1.29 is 38.7 Å². The van der Waals surface area contributed by atoms with Gasteiger partial charge in [-0.1, -0.05) is 0 Å². The quantitative estimate of drug-likeness (QED) is 0.266. The number of likely N-dealkylation sites (tertiary alicyclic amines) is 1. The number of carboxylic acids is 1. The number of nitro benzene ring substituents is 1. The van der Waals surface area contributed by atoms with Gasteiger partial charge in [-0.05, 0) is 31.4 Å². The zero-order valence-electron chi connectivity index (χ0n) is 15.5. The zero-order chi connectivity index (χ0) is 21.4. The van der Waals surface area contributed by atoms with Crippen LogP contribution in [-0.4, -0.2) is 45.4 Å². The molecule has 0 atom stereocenters. The summed E-state index contributed by atoms with van der Waals surface area (Å²) in [5.74, 6) is -1.89. The number of aliphatic carboxylic acids is 1. The van der Waals surface area contributed by atoms with Crippen LogP contribution in [0.3, 0.4) is 0 Å². The van der Waals surface area contributed by atoms with E-state index in [0.717, 1.165) is 0 Å². The number of carboxylic acid groups (broad SMARTS) is 1. The van der Waals surface area contributed by atoms with Crippen molar-refractivity contribution in [2.75, 3.05) is 6.61 Å². The van der Waals surface area contributed by atoms with Gasteiger partial charge >= 0.3 is 12.1 Å². The Bertz CT molecular complexity index is 806. The van der Waals surface area contributed by atoms with Gasteiger partial charge in [0, 0.05) is 25.3 Å². The Morgan fingerprint density at radius 3 is 2.45 bits per heavy atom. The minimum atomic E-state index is -1.17. The van der Waals surface area contributed by atoms with Crippen LogP contribution in [0.4, 0.5) is 10.5 Å². The Morgan fingerprint density at radius 2 is 1.83 bits per heavy atom. The summed E-state index contributed by atoms with van der Waals surface area (Å²) in [6.45, 7) is -0.227. The van der Waals surface area contributed by atoms with Crippen LogP contribution >= 0.6 is 0 Å². The van der Waals surface area contributed by atoms with Crippen molar-refractivity contribution in [1.29, 1.82) is 0 Å². The van der Waals surface area contributed by atoms with Gasteiger partial charge in [0.15, 0.2) is 0 Å². The molecule has 0 aliphatic carbocycles. The first-order chi connectivity index (χ1) is 13.8. The van der Waals surface area contributed by atoms with Crippen LogP contribution in [0.1, 0.15) is 44.1 Å². The molecule has 1 aliphatic heterocycles. The fourth-order valence-corrected chi connectivity index (χ4v) is 2.67. The topological polar surface area (TPSA) is 153 Å². The lowest BCUT2D eigenvalue weighted by Crippen LogP contribution is -2.35. The Labute approximate surface area is 165 Å². The molecule has 0 unspecified atom stereocenters. The molecular weight excluding hydrogens is 388 g/mol. The molecular formula is C18H20N2O9. The largest absolute Gasteiger partial charge is 0.494 e. The third-order valence-corrected chi connectivity index (χ3v) is 4.14. The highest BCUT2D eigenvalue weighted by atomic mass is 16.6. The number of hydrogen-bond acceptors (Lipinski definition) is 8. The molecule has 1 saturated heterocycles. The van der Waals surface area contributed by atoms with E-state index in [1.54, 1.807) is 0 Å². The lowest BCUT2D eigenvalue weighted by Gasteiger charge is -2.13. The molecule has 0 aromatic heterocycles. The van der Waals surface area contributed by atoms with Crippen LogP contribution in [0.25, 0.3) is 0 Å². The van der Waals surface area contributed by atoms with Crippen molar-refractivity contribution in [2.45, 2.75) is 45.1 Å². The molecule has 11 heteroatoms. The van der Waals surface area contributed by atoms with Crippen molar-refractivity contribution >= 4 is 29.6 Å². The normalized spacial score (nSPS) is 13.4. The Hall–Kier alpha value is -3.50. The molecule has 156 valence electrons. The molecule has 2 rings (SSSR count). The van der Waals surface area contributed by atoms with E-state index in [2.05, 4.69) is 0 Å². The summed E-state index contributed by atoms with van der Waals surface area (Å²) in [6.07, 6.45) is 0.531. The molecule has 1 aromatic carbocycles. The van der Waals surface area contributed by atoms with E-state index in [0.29, 0.717) is 29.9 Å². The predicted molar refractivity (Wildman–Crippen MR) is 96.0 cm³/mol. The van der Waals surface area contributed by atoms with Crippen LogP contribution in [0, 0.1) is 10.1 Å². The third-order valence-electron chi connectivity index (χ3n) is 4.14. The fourth-order valence-electron chi connectivity index (χ4n) is 2.67. The molecule has 1 N–H and O–H groups in total. The van der Waals surface area contributed by atoms with Crippen molar-refractivity contribution in [3.63, 3.8) is 0 Å². The van der Waals surface area contributed by atoms with Gasteiger partial charge in [-0.15, -0.1) is 0 Å². The molecule has 0 saturated carbocycles. The van der Waals surface area contributed by atoms with Crippen LogP contribution in [0.5, 0.6) is 5.75 Å². The van der Waals surface area contributed by atoms with E-state index in [1.807, 2.05) is 0 Å². The average molecular weight is 408 g/mol. The molecule has 1 fully saturated rings. The third kappa shape index (κ3) is 6.26. The number of carbonyl (C=O) groups is 4. The standard InChI is InChI=1S/C18H20N2O9/c21-15-7-8-16(22)19(15)18(25)29-11-12-10-13(5-6-14(12)20(26)27)28-9-3-1-2-4-17(23)24/h5-6,10H,1-4,7-9,11H2,(H,23,24). The van der Waals surface area contributed by atoms with E-state index in [-0.39, 0.29) is 37.1 Å². The first-order valence-corrected chi connectivity index (χ1v) is 8.94. The maximum absolute atomic E-state index is 11.9. The zero-order valence-corrected chi connectivity index (χ0v) is 15.5. The molecule has 1 aliphatic rings. The van der Waals surface area contributed by atoms with Gasteiger partial charge in [-0.2, -0.15) is 4.90 Å². The summed E-state index contributed by atoms with van der Waals surface area (Å²) in [7, 11) is 0. The van der Waals surface area contributed by atoms with Crippen LogP contribution in [0.15, 0.2) is 18.2 Å². The van der Waals surface area contributed by atoms with E-state index < -0.39 is 35.4 Å². The lowest BCUT2D eigenvalue weighted by molar-refractivity contribution is -0.385. The number of ether oxygens (including phenoxy) is 2. The van der Waals surface area contributed by atoms with Crippen LogP contribution in [0.2, 0.25) is 0 Å². The first-order valence-electron chi connectivity index (χ1n) is 8.94. The number of nitro groups is 1. The monoisotopic (exact) mass is 408 g/mol. The average Bonchev–Trinajstić information content (AvgIpc) is 3.00. The van der Waals surface area contributed by atoms with E-state index in [1.165, 1.54) is 18.2 Å². The second-order valence-electron chi connectivity index (χ2n) is 6.28. The second-order valence-corrected chi connectivity index (χ2v) is 6.28. The molecule has 0 spiro atoms. The van der Waals surface area contributed by atoms with E-state index in [4.69, 9.17) is 14.6 Å². The Balaban J connectivity index is 1.94. The number of rotatable bonds is 10. The smallest absolute Gasteiger partial charge is 0.423 e. The number of hydrogen-bond donors (Lipinski definition) is 1. The lowest BCUT2D eigenvalue weighted by atomic mass is 10.2. The van der Waals surface area contributed by atoms with Gasteiger partial charge in [-0.25, -0.2) is 4.79 Å². The number of imide groups is 3. The van der Waals surface area contributed by atoms with Crippen LogP contribution < -0.4 is 4.74 Å². The molecule has 29 heavy (non-hydrogen) atoms. The SMILES string of the molecule is O=C(O)CCCCCOc1ccc([N+](=O)[O-])c(COC(=O)N2C(=O)CCC2=O)c1. The van der Waals surface area contributed by atoms with Crippen molar-refractivity contribution in [3.8, 4) is 5.75 Å². The van der Waals surface area contributed by atoms with Crippen molar-refractivity contribution in [1.82, 2.24) is 4.90 Å². The highest BCUT2D eigenvalue weighted by Gasteiger charge is 2.36. The molecule has 11 nitrogen and oxygen atoms in total. The van der Waals surface area contributed by atoms with Crippen molar-refractivity contribution in [3.05, 3.63) is 33.9 Å². The molecule has 0 radical (unpaired) electrons. The Kier molecular flexibility index (Phi) is 7.63. The van der Waals surface area contributed by atoms with E-state index >= 15 is 0 Å². The van der Waals surface area contributed by atoms with Gasteiger partial charge in [0.25, 0.3) is 5.69 Å². The van der Waals surface area contributed by atoms with Gasteiger partial charge in [0.05, 0.1) is 17.1 Å². The summed E-state index contributed by atoms with van der Waals surface area (Å²) >= 11 is 0. The summed E-state index contributed by atoms with van der Waals surface area (Å²) in [4.78, 5) is 56.4. The number of nitrogens with zero attached hydrogens (tertiary/aromatic N) is 2.